The fourth-order valence-electron chi connectivity index (χ4n) is 3.04. The van der Waals surface area contributed by atoms with Crippen LogP contribution in [0.25, 0.3) is 0 Å². The Labute approximate surface area is 198 Å². The fourth-order valence-corrected chi connectivity index (χ4v) is 4.11. The number of amides is 2. The first-order valence-electron chi connectivity index (χ1n) is 10.3. The Balaban J connectivity index is 1.53. The highest BCUT2D eigenvalue weighted by Gasteiger charge is 2.17. The lowest BCUT2D eigenvalue weighted by Crippen LogP contribution is -2.34. The molecular formula is C24H25N3O6S. The minimum atomic E-state index is -3.87. The Morgan fingerprint density at radius 1 is 0.765 bits per heavy atom. The standard InChI is InChI=1S/C24H25N3O6S/c1-32-19-7-5-6-18(16-19)24(29)26-15-14-25-23(28)17-10-12-20(13-11-17)34(30,31)27-21-8-3-4-9-22(21)33-2/h3-13,16,27H,14-15H2,1-2H3,(H,25,28)(H,26,29). The van der Waals surface area contributed by atoms with Crippen molar-refractivity contribution in [2.75, 3.05) is 32.0 Å². The number of sulfonamides is 1. The Hall–Kier alpha value is -4.05. The summed E-state index contributed by atoms with van der Waals surface area (Å²) in [6.07, 6.45) is 0. The van der Waals surface area contributed by atoms with Gasteiger partial charge in [-0.1, -0.05) is 18.2 Å². The number of carbonyl (C=O) groups is 2. The first kappa shape index (κ1) is 24.6. The van der Waals surface area contributed by atoms with E-state index in [0.29, 0.717) is 22.7 Å². The van der Waals surface area contributed by atoms with Gasteiger partial charge in [0.15, 0.2) is 0 Å². The topological polar surface area (TPSA) is 123 Å². The maximum atomic E-state index is 12.7. The highest BCUT2D eigenvalue weighted by Crippen LogP contribution is 2.26. The van der Waals surface area contributed by atoms with Crippen molar-refractivity contribution in [3.63, 3.8) is 0 Å². The molecule has 2 amide bonds. The zero-order chi connectivity index (χ0) is 24.6. The summed E-state index contributed by atoms with van der Waals surface area (Å²) in [5.41, 5.74) is 1.04. The van der Waals surface area contributed by atoms with Gasteiger partial charge in [-0.05, 0) is 54.6 Å². The second-order valence-corrected chi connectivity index (χ2v) is 8.76. The van der Waals surface area contributed by atoms with Crippen molar-refractivity contribution in [2.24, 2.45) is 0 Å². The summed E-state index contributed by atoms with van der Waals surface area (Å²) >= 11 is 0. The number of nitrogens with one attached hydrogen (secondary N) is 3. The largest absolute Gasteiger partial charge is 0.497 e. The summed E-state index contributed by atoms with van der Waals surface area (Å²) in [4.78, 5) is 24.5. The molecule has 3 N–H and O–H groups in total. The number of rotatable bonds is 10. The number of methoxy groups -OCH3 is 2. The summed E-state index contributed by atoms with van der Waals surface area (Å²) < 4.78 is 38.1. The zero-order valence-electron chi connectivity index (χ0n) is 18.7. The predicted molar refractivity (Wildman–Crippen MR) is 128 cm³/mol. The van der Waals surface area contributed by atoms with Crippen molar-refractivity contribution in [3.05, 3.63) is 83.9 Å². The van der Waals surface area contributed by atoms with E-state index in [9.17, 15) is 18.0 Å². The van der Waals surface area contributed by atoms with Gasteiger partial charge in [0.05, 0.1) is 24.8 Å². The van der Waals surface area contributed by atoms with E-state index >= 15 is 0 Å². The summed E-state index contributed by atoms with van der Waals surface area (Å²) in [5.74, 6) is 0.285. The highest BCUT2D eigenvalue weighted by molar-refractivity contribution is 7.92. The third kappa shape index (κ3) is 6.26. The van der Waals surface area contributed by atoms with Crippen LogP contribution in [-0.4, -0.2) is 47.5 Å². The average molecular weight is 484 g/mol. The Bertz CT molecular complexity index is 1260. The van der Waals surface area contributed by atoms with Gasteiger partial charge in [0.25, 0.3) is 21.8 Å². The number of carbonyl (C=O) groups excluding carboxylic acids is 2. The molecule has 0 saturated heterocycles. The highest BCUT2D eigenvalue weighted by atomic mass is 32.2. The van der Waals surface area contributed by atoms with Gasteiger partial charge in [0, 0.05) is 24.2 Å². The summed E-state index contributed by atoms with van der Waals surface area (Å²) in [7, 11) is -0.900. The molecule has 3 aromatic carbocycles. The number of hydrogen-bond acceptors (Lipinski definition) is 6. The molecule has 3 rings (SSSR count). The van der Waals surface area contributed by atoms with Crippen LogP contribution < -0.4 is 24.8 Å². The maximum absolute atomic E-state index is 12.7. The van der Waals surface area contributed by atoms with Crippen molar-refractivity contribution in [1.82, 2.24) is 10.6 Å². The second kappa shape index (κ2) is 11.2. The second-order valence-electron chi connectivity index (χ2n) is 7.07. The molecule has 0 atom stereocenters. The van der Waals surface area contributed by atoms with Gasteiger partial charge in [0.1, 0.15) is 11.5 Å². The molecule has 0 fully saturated rings. The number of para-hydroxylation sites is 2. The monoisotopic (exact) mass is 483 g/mol. The third-order valence-corrected chi connectivity index (χ3v) is 6.19. The van der Waals surface area contributed by atoms with Gasteiger partial charge in [-0.15, -0.1) is 0 Å². The van der Waals surface area contributed by atoms with E-state index in [1.807, 2.05) is 0 Å². The lowest BCUT2D eigenvalue weighted by atomic mass is 10.2. The number of hydrogen-bond donors (Lipinski definition) is 3. The van der Waals surface area contributed by atoms with Crippen molar-refractivity contribution in [1.29, 1.82) is 0 Å². The molecule has 3 aromatic rings. The van der Waals surface area contributed by atoms with E-state index in [0.717, 1.165) is 0 Å². The summed E-state index contributed by atoms with van der Waals surface area (Å²) in [6, 6.07) is 18.9. The molecular weight excluding hydrogens is 458 g/mol. The molecule has 10 heteroatoms. The van der Waals surface area contributed by atoms with Gasteiger partial charge in [-0.2, -0.15) is 0 Å². The van der Waals surface area contributed by atoms with E-state index in [-0.39, 0.29) is 29.5 Å². The Kier molecular flexibility index (Phi) is 8.10. The van der Waals surface area contributed by atoms with E-state index in [1.54, 1.807) is 48.5 Å². The van der Waals surface area contributed by atoms with Crippen LogP contribution in [0.15, 0.2) is 77.7 Å². The number of ether oxygens (including phenoxy) is 2. The molecule has 34 heavy (non-hydrogen) atoms. The van der Waals surface area contributed by atoms with Crippen LogP contribution in [0.2, 0.25) is 0 Å². The molecule has 0 aliphatic heterocycles. The Morgan fingerprint density at radius 2 is 1.41 bits per heavy atom. The predicted octanol–water partition coefficient (Wildman–Crippen LogP) is 2.66. The zero-order valence-corrected chi connectivity index (χ0v) is 19.5. The third-order valence-electron chi connectivity index (χ3n) is 4.81. The number of benzene rings is 3. The first-order valence-corrected chi connectivity index (χ1v) is 11.8. The quantitative estimate of drug-likeness (QED) is 0.381. The summed E-state index contributed by atoms with van der Waals surface area (Å²) in [6.45, 7) is 0.418. The smallest absolute Gasteiger partial charge is 0.262 e. The molecule has 0 spiro atoms. The molecule has 9 nitrogen and oxygen atoms in total. The molecule has 0 aromatic heterocycles. The minimum Gasteiger partial charge on any atom is -0.497 e. The van der Waals surface area contributed by atoms with Gasteiger partial charge < -0.3 is 20.1 Å². The van der Waals surface area contributed by atoms with Gasteiger partial charge >= 0.3 is 0 Å². The van der Waals surface area contributed by atoms with Gasteiger partial charge in [-0.25, -0.2) is 8.42 Å². The van der Waals surface area contributed by atoms with Crippen molar-refractivity contribution in [2.45, 2.75) is 4.90 Å². The van der Waals surface area contributed by atoms with Crippen LogP contribution in [-0.2, 0) is 10.0 Å². The molecule has 0 saturated carbocycles. The molecule has 0 radical (unpaired) electrons. The van der Waals surface area contributed by atoms with Crippen LogP contribution in [0, 0.1) is 0 Å². The van der Waals surface area contributed by atoms with E-state index < -0.39 is 15.9 Å². The van der Waals surface area contributed by atoms with Crippen molar-refractivity contribution in [3.8, 4) is 11.5 Å². The Morgan fingerprint density at radius 3 is 2.06 bits per heavy atom. The molecule has 0 unspecified atom stereocenters. The van der Waals surface area contributed by atoms with Crippen LogP contribution in [0.1, 0.15) is 20.7 Å². The van der Waals surface area contributed by atoms with Crippen molar-refractivity contribution >= 4 is 27.5 Å². The van der Waals surface area contributed by atoms with Crippen LogP contribution >= 0.6 is 0 Å². The van der Waals surface area contributed by atoms with E-state index in [1.165, 1.54) is 38.5 Å². The fraction of sp³-hybridized carbons (Fsp3) is 0.167. The van der Waals surface area contributed by atoms with Crippen LogP contribution in [0.4, 0.5) is 5.69 Å². The van der Waals surface area contributed by atoms with Crippen LogP contribution in [0.3, 0.4) is 0 Å². The van der Waals surface area contributed by atoms with Crippen molar-refractivity contribution < 1.29 is 27.5 Å². The lowest BCUT2D eigenvalue weighted by Gasteiger charge is -2.12. The first-order chi connectivity index (χ1) is 16.3. The lowest BCUT2D eigenvalue weighted by molar-refractivity contribution is 0.0927. The van der Waals surface area contributed by atoms with Crippen LogP contribution in [0.5, 0.6) is 11.5 Å². The van der Waals surface area contributed by atoms with E-state index in [2.05, 4.69) is 15.4 Å². The molecule has 0 bridgehead atoms. The number of anilines is 1. The summed E-state index contributed by atoms with van der Waals surface area (Å²) in [5, 5.41) is 5.39. The molecule has 0 aliphatic carbocycles. The molecule has 0 heterocycles. The molecule has 178 valence electrons. The van der Waals surface area contributed by atoms with E-state index in [4.69, 9.17) is 9.47 Å². The van der Waals surface area contributed by atoms with Gasteiger partial charge in [-0.3, -0.25) is 14.3 Å². The molecule has 0 aliphatic rings. The maximum Gasteiger partial charge on any atom is 0.262 e. The average Bonchev–Trinajstić information content (AvgIpc) is 2.86. The normalized spacial score (nSPS) is 10.8. The SMILES string of the molecule is COc1cccc(C(=O)NCCNC(=O)c2ccc(S(=O)(=O)Nc3ccccc3OC)cc2)c1. The van der Waals surface area contributed by atoms with Gasteiger partial charge in [0.2, 0.25) is 0 Å². The minimum absolute atomic E-state index is 0.000471.